The zero-order chi connectivity index (χ0) is 56.1. The Morgan fingerprint density at radius 2 is 1.01 bits per heavy atom. The molecule has 0 amide bonds. The highest BCUT2D eigenvalue weighted by atomic mass is 16.3. The lowest BCUT2D eigenvalue weighted by molar-refractivity contribution is 0.281. The molecule has 12 rings (SSSR count). The van der Waals surface area contributed by atoms with E-state index in [-0.39, 0.29) is 50.5 Å². The van der Waals surface area contributed by atoms with Crippen LogP contribution in [0.5, 0.6) is 0 Å². The number of nitrogens with zero attached hydrogens (tertiary/aromatic N) is 2. The monoisotopic (exact) mass is 1040 g/mol. The average Bonchev–Trinajstić information content (AvgIpc) is 2.60. The molecular weight excluding hydrogens is 956 g/mol. The minimum atomic E-state index is -0.175. The topological polar surface area (TPSA) is 19.6 Å². The van der Waals surface area contributed by atoms with E-state index in [1.165, 1.54) is 89.3 Å². The molecule has 0 radical (unpaired) electrons. The van der Waals surface area contributed by atoms with Gasteiger partial charge in [-0.3, -0.25) is 0 Å². The number of hydrogen-bond acceptors (Lipinski definition) is 3. The molecule has 8 aromatic rings. The highest BCUT2D eigenvalue weighted by Crippen LogP contribution is 2.57. The Labute approximate surface area is 475 Å². The molecule has 1 unspecified atom stereocenters. The van der Waals surface area contributed by atoms with Gasteiger partial charge in [0.15, 0.2) is 0 Å². The molecule has 4 aliphatic rings. The molecule has 1 aromatic heterocycles. The van der Waals surface area contributed by atoms with Crippen LogP contribution in [0.1, 0.15) is 205 Å². The maximum Gasteiger partial charge on any atom is 0.292 e. The summed E-state index contributed by atoms with van der Waals surface area (Å²) in [6, 6.07) is 59.0. The van der Waals surface area contributed by atoms with Crippen LogP contribution in [0.2, 0.25) is 0 Å². The van der Waals surface area contributed by atoms with Gasteiger partial charge in [-0.1, -0.05) is 215 Å². The Bertz CT molecular complexity index is 3640. The lowest BCUT2D eigenvalue weighted by Crippen LogP contribution is -2.62. The van der Waals surface area contributed by atoms with Crippen LogP contribution in [0.25, 0.3) is 11.1 Å². The largest absolute Gasteiger partial charge is 0.474 e. The van der Waals surface area contributed by atoms with E-state index >= 15 is 0 Å². The van der Waals surface area contributed by atoms with Crippen molar-refractivity contribution in [2.24, 2.45) is 0 Å². The summed E-state index contributed by atoms with van der Waals surface area (Å²) in [4.78, 5) is 5.11. The maximum absolute atomic E-state index is 8.02. The zero-order valence-electron chi connectivity index (χ0n) is 50.7. The number of fused-ring (bicyclic) bond motifs is 7. The summed E-state index contributed by atoms with van der Waals surface area (Å²) < 4.78 is 8.02. The number of rotatable bonds is 6. The van der Waals surface area contributed by atoms with Gasteiger partial charge in [-0.25, -0.2) is 0 Å². The van der Waals surface area contributed by atoms with E-state index < -0.39 is 0 Å². The fraction of sp³-hybridized carbons (Fsp3) is 0.387. The molecule has 4 heteroatoms. The summed E-state index contributed by atoms with van der Waals surface area (Å²) >= 11 is 0. The summed E-state index contributed by atoms with van der Waals surface area (Å²) in [6.07, 6.45) is 4.45. The molecule has 79 heavy (non-hydrogen) atoms. The molecule has 0 fully saturated rings. The van der Waals surface area contributed by atoms with Gasteiger partial charge in [0.1, 0.15) is 5.76 Å². The van der Waals surface area contributed by atoms with Crippen molar-refractivity contribution < 1.29 is 4.42 Å². The molecule has 3 nitrogen and oxygen atoms in total. The molecular formula is C75H85BN2O. The Hall–Kier alpha value is -6.52. The van der Waals surface area contributed by atoms with E-state index in [4.69, 9.17) is 4.42 Å². The molecule has 0 saturated heterocycles. The lowest BCUT2D eigenvalue weighted by Gasteiger charge is -2.45. The molecule has 2 aliphatic heterocycles. The van der Waals surface area contributed by atoms with Crippen molar-refractivity contribution in [1.82, 2.24) is 0 Å². The van der Waals surface area contributed by atoms with Crippen molar-refractivity contribution in [3.8, 4) is 11.1 Å². The van der Waals surface area contributed by atoms with Crippen molar-refractivity contribution in [2.45, 2.75) is 187 Å². The van der Waals surface area contributed by atoms with Crippen LogP contribution in [-0.2, 0) is 37.9 Å². The summed E-state index contributed by atoms with van der Waals surface area (Å²) in [5.74, 6) is 0.996. The standard InChI is InChI=1S/C75H85BN2O/c1-69(2,3)47-31-35-52(36-32-47)78-60-38-34-49(71(7,8)9)44-59(60)76-66-57(45-53(46-61(66)78)77(50-25-20-18-21-26-50)51-27-22-19-23-28-51)62(63-65-67(79-68(63)76)75(16,17)42-41-74(65,14)15)54-37-33-48(70(4,5)6)43-56(54)55-29-24-30-58-64(55)73(12,13)40-39-72(58,10)11/h18-38,43-46,62H,39-42H2,1-17H3. The van der Waals surface area contributed by atoms with Crippen LogP contribution in [0.4, 0.5) is 34.1 Å². The number of hydrogen-bond donors (Lipinski definition) is 0. The van der Waals surface area contributed by atoms with Crippen LogP contribution in [-0.4, -0.2) is 6.71 Å². The van der Waals surface area contributed by atoms with Gasteiger partial charge in [-0.15, -0.1) is 0 Å². The molecule has 404 valence electrons. The van der Waals surface area contributed by atoms with E-state index in [1.54, 1.807) is 0 Å². The van der Waals surface area contributed by atoms with E-state index in [1.807, 2.05) is 0 Å². The van der Waals surface area contributed by atoms with Gasteiger partial charge >= 0.3 is 0 Å². The molecule has 0 N–H and O–H groups in total. The smallest absolute Gasteiger partial charge is 0.292 e. The van der Waals surface area contributed by atoms with Gasteiger partial charge in [0.2, 0.25) is 0 Å². The van der Waals surface area contributed by atoms with Crippen LogP contribution in [0.3, 0.4) is 0 Å². The SMILES string of the molecule is CC(C)(C)c1ccc(N2c3ccc(C(C)(C)C)cc3B3c4oc5c(c4C(c4ccc(C(C)(C)C)cc4-c4cccc6c4C(C)(C)CCC6(C)C)c4cc(N(c6ccccc6)c6ccccc6)cc2c43)C(C)(C)CCC5(C)C)cc1. The van der Waals surface area contributed by atoms with Crippen molar-refractivity contribution in [1.29, 1.82) is 0 Å². The Kier molecular flexibility index (Phi) is 12.1. The van der Waals surface area contributed by atoms with Gasteiger partial charge in [0.05, 0.1) is 5.66 Å². The maximum atomic E-state index is 8.02. The fourth-order valence-corrected chi connectivity index (χ4v) is 14.4. The van der Waals surface area contributed by atoms with Crippen molar-refractivity contribution in [2.75, 3.05) is 9.80 Å². The second kappa shape index (κ2) is 18.0. The molecule has 0 saturated carbocycles. The summed E-state index contributed by atoms with van der Waals surface area (Å²) in [5.41, 5.74) is 25.5. The van der Waals surface area contributed by atoms with Gasteiger partial charge in [0.25, 0.3) is 6.71 Å². The fourth-order valence-electron chi connectivity index (χ4n) is 14.4. The third-order valence-electron chi connectivity index (χ3n) is 19.3. The van der Waals surface area contributed by atoms with Crippen LogP contribution >= 0.6 is 0 Å². The first-order valence-corrected chi connectivity index (χ1v) is 29.7. The molecule has 7 aromatic carbocycles. The van der Waals surface area contributed by atoms with Crippen molar-refractivity contribution in [3.63, 3.8) is 0 Å². The van der Waals surface area contributed by atoms with Gasteiger partial charge in [0, 0.05) is 56.6 Å². The first-order valence-electron chi connectivity index (χ1n) is 29.7. The average molecular weight is 1040 g/mol. The second-order valence-electron chi connectivity index (χ2n) is 29.9. The van der Waals surface area contributed by atoms with E-state index in [0.717, 1.165) is 54.1 Å². The highest BCUT2D eigenvalue weighted by Gasteiger charge is 2.53. The van der Waals surface area contributed by atoms with E-state index in [9.17, 15) is 0 Å². The van der Waals surface area contributed by atoms with E-state index in [2.05, 4.69) is 279 Å². The highest BCUT2D eigenvalue weighted by molar-refractivity contribution is 6.98. The van der Waals surface area contributed by atoms with Crippen LogP contribution in [0, 0.1) is 0 Å². The first kappa shape index (κ1) is 53.1. The molecule has 1 atom stereocenters. The Morgan fingerprint density at radius 3 is 1.62 bits per heavy atom. The van der Waals surface area contributed by atoms with Gasteiger partial charge in [-0.05, 0) is 174 Å². The quantitative estimate of drug-likeness (QED) is 0.155. The summed E-state index contributed by atoms with van der Waals surface area (Å²) in [7, 11) is 0. The third-order valence-corrected chi connectivity index (χ3v) is 19.3. The normalized spacial score (nSPS) is 18.5. The third kappa shape index (κ3) is 8.67. The summed E-state index contributed by atoms with van der Waals surface area (Å²) in [6.45, 7) is 40.9. The molecule has 3 heterocycles. The Balaban J connectivity index is 1.28. The van der Waals surface area contributed by atoms with Crippen LogP contribution in [0.15, 0.2) is 156 Å². The predicted molar refractivity (Wildman–Crippen MR) is 339 cm³/mol. The number of para-hydroxylation sites is 2. The predicted octanol–water partition coefficient (Wildman–Crippen LogP) is 18.8. The second-order valence-corrected chi connectivity index (χ2v) is 29.9. The summed E-state index contributed by atoms with van der Waals surface area (Å²) in [5, 5.41) is 0. The molecule has 0 bridgehead atoms. The van der Waals surface area contributed by atoms with Crippen molar-refractivity contribution in [3.05, 3.63) is 207 Å². The lowest BCUT2D eigenvalue weighted by atomic mass is 9.32. The van der Waals surface area contributed by atoms with Crippen LogP contribution < -0.4 is 26.4 Å². The number of anilines is 6. The molecule has 2 aliphatic carbocycles. The minimum absolute atomic E-state index is 0.00276. The minimum Gasteiger partial charge on any atom is -0.474 e. The Morgan fingerprint density at radius 1 is 0.468 bits per heavy atom. The molecule has 0 spiro atoms. The van der Waals surface area contributed by atoms with Crippen molar-refractivity contribution >= 4 is 57.4 Å². The van der Waals surface area contributed by atoms with Gasteiger partial charge in [-0.2, -0.15) is 0 Å². The van der Waals surface area contributed by atoms with E-state index in [0.29, 0.717) is 0 Å². The number of benzene rings is 7. The first-order chi connectivity index (χ1) is 37.1. The number of furan rings is 1. The zero-order valence-corrected chi connectivity index (χ0v) is 50.7. The van der Waals surface area contributed by atoms with Gasteiger partial charge < -0.3 is 14.2 Å².